The Labute approximate surface area is 116 Å². The van der Waals surface area contributed by atoms with E-state index in [2.05, 4.69) is 9.71 Å². The van der Waals surface area contributed by atoms with Gasteiger partial charge in [0, 0.05) is 18.1 Å². The van der Waals surface area contributed by atoms with Gasteiger partial charge in [0.2, 0.25) is 10.0 Å². The Morgan fingerprint density at radius 3 is 2.55 bits per heavy atom. The smallest absolute Gasteiger partial charge is 0.233 e. The molecule has 0 aliphatic rings. The number of nitrogens with two attached hydrogens (primary N) is 1. The predicted molar refractivity (Wildman–Crippen MR) is 76.2 cm³/mol. The van der Waals surface area contributed by atoms with E-state index >= 15 is 0 Å². The molecule has 2 aromatic rings. The summed E-state index contributed by atoms with van der Waals surface area (Å²) in [5, 5.41) is 0. The molecular formula is C13H14FN3O2S. The van der Waals surface area contributed by atoms with Crippen LogP contribution in [0.4, 0.5) is 15.8 Å². The van der Waals surface area contributed by atoms with E-state index in [1.807, 2.05) is 0 Å². The molecule has 20 heavy (non-hydrogen) atoms. The lowest BCUT2D eigenvalue weighted by atomic mass is 10.2. The van der Waals surface area contributed by atoms with Crippen LogP contribution < -0.4 is 10.5 Å². The summed E-state index contributed by atoms with van der Waals surface area (Å²) in [6, 6.07) is 7.28. The van der Waals surface area contributed by atoms with E-state index in [0.717, 1.165) is 11.6 Å². The van der Waals surface area contributed by atoms with Gasteiger partial charge in [-0.05, 0) is 42.3 Å². The maximum Gasteiger partial charge on any atom is 0.233 e. The zero-order valence-electron chi connectivity index (χ0n) is 10.6. The molecule has 0 atom stereocenters. The van der Waals surface area contributed by atoms with Crippen LogP contribution in [0.5, 0.6) is 0 Å². The summed E-state index contributed by atoms with van der Waals surface area (Å²) >= 11 is 0. The number of anilines is 2. The van der Waals surface area contributed by atoms with Crippen molar-refractivity contribution in [3.8, 4) is 0 Å². The summed E-state index contributed by atoms with van der Waals surface area (Å²) in [4.78, 5) is 3.85. The second-order valence-electron chi connectivity index (χ2n) is 4.27. The molecule has 0 aliphatic carbocycles. The number of aryl methyl sites for hydroxylation is 1. The van der Waals surface area contributed by atoms with Crippen LogP contribution in [0.1, 0.15) is 5.56 Å². The number of hydrogen-bond acceptors (Lipinski definition) is 4. The fourth-order valence-corrected chi connectivity index (χ4v) is 2.74. The first-order chi connectivity index (χ1) is 9.46. The van der Waals surface area contributed by atoms with E-state index in [1.165, 1.54) is 12.1 Å². The Kier molecular flexibility index (Phi) is 4.19. The summed E-state index contributed by atoms with van der Waals surface area (Å²) in [5.41, 5.74) is 6.39. The molecule has 5 nitrogen and oxygen atoms in total. The zero-order chi connectivity index (χ0) is 14.6. The minimum absolute atomic E-state index is 0.103. The molecule has 1 heterocycles. The van der Waals surface area contributed by atoms with E-state index < -0.39 is 15.8 Å². The first kappa shape index (κ1) is 14.3. The lowest BCUT2D eigenvalue weighted by molar-refractivity contribution is 0.598. The van der Waals surface area contributed by atoms with Crippen molar-refractivity contribution < 1.29 is 12.8 Å². The molecule has 3 N–H and O–H groups in total. The van der Waals surface area contributed by atoms with Gasteiger partial charge in [-0.3, -0.25) is 9.71 Å². The number of pyridine rings is 1. The third-order valence-corrected chi connectivity index (χ3v) is 3.94. The SMILES string of the molecule is Nc1ccc(NS(=O)(=O)CCc2ccncc2)c(F)c1. The van der Waals surface area contributed by atoms with Crippen LogP contribution in [-0.4, -0.2) is 19.2 Å². The minimum atomic E-state index is -3.62. The molecule has 0 bridgehead atoms. The largest absolute Gasteiger partial charge is 0.399 e. The third-order valence-electron chi connectivity index (χ3n) is 2.67. The molecule has 2 rings (SSSR count). The van der Waals surface area contributed by atoms with Crippen molar-refractivity contribution in [2.45, 2.75) is 6.42 Å². The van der Waals surface area contributed by atoms with Gasteiger partial charge in [-0.15, -0.1) is 0 Å². The Morgan fingerprint density at radius 1 is 1.20 bits per heavy atom. The average molecular weight is 295 g/mol. The van der Waals surface area contributed by atoms with Crippen molar-refractivity contribution in [3.05, 3.63) is 54.1 Å². The lowest BCUT2D eigenvalue weighted by Crippen LogP contribution is -2.19. The highest BCUT2D eigenvalue weighted by molar-refractivity contribution is 7.92. The van der Waals surface area contributed by atoms with Gasteiger partial charge in [-0.1, -0.05) is 0 Å². The fraction of sp³-hybridized carbons (Fsp3) is 0.154. The van der Waals surface area contributed by atoms with Crippen molar-refractivity contribution in [2.24, 2.45) is 0 Å². The van der Waals surface area contributed by atoms with Crippen molar-refractivity contribution in [1.82, 2.24) is 4.98 Å². The molecule has 1 aromatic carbocycles. The molecule has 0 spiro atoms. The lowest BCUT2D eigenvalue weighted by Gasteiger charge is -2.09. The highest BCUT2D eigenvalue weighted by atomic mass is 32.2. The van der Waals surface area contributed by atoms with Crippen LogP contribution in [0.25, 0.3) is 0 Å². The quantitative estimate of drug-likeness (QED) is 0.823. The summed E-state index contributed by atoms with van der Waals surface area (Å²) < 4.78 is 39.5. The van der Waals surface area contributed by atoms with Crippen LogP contribution in [0.15, 0.2) is 42.7 Å². The fourth-order valence-electron chi connectivity index (χ4n) is 1.63. The van der Waals surface area contributed by atoms with E-state index in [0.29, 0.717) is 6.42 Å². The molecule has 1 aromatic heterocycles. The zero-order valence-corrected chi connectivity index (χ0v) is 11.4. The first-order valence-corrected chi connectivity index (χ1v) is 7.56. The van der Waals surface area contributed by atoms with Crippen molar-refractivity contribution >= 4 is 21.4 Å². The maximum atomic E-state index is 13.5. The molecule has 0 fully saturated rings. The summed E-state index contributed by atoms with van der Waals surface area (Å²) in [5.74, 6) is -0.835. The van der Waals surface area contributed by atoms with E-state index in [1.54, 1.807) is 24.5 Å². The number of hydrogen-bond donors (Lipinski definition) is 2. The summed E-state index contributed by atoms with van der Waals surface area (Å²) in [6.45, 7) is 0. The van der Waals surface area contributed by atoms with Crippen molar-refractivity contribution in [3.63, 3.8) is 0 Å². The average Bonchev–Trinajstić information content (AvgIpc) is 2.41. The van der Waals surface area contributed by atoms with Gasteiger partial charge in [0.05, 0.1) is 11.4 Å². The number of halogens is 1. The van der Waals surface area contributed by atoms with Crippen LogP contribution in [0.3, 0.4) is 0 Å². The molecule has 0 unspecified atom stereocenters. The highest BCUT2D eigenvalue weighted by Gasteiger charge is 2.13. The summed E-state index contributed by atoms with van der Waals surface area (Å²) in [6.07, 6.45) is 3.51. The normalized spacial score (nSPS) is 11.2. The Balaban J connectivity index is 2.04. The van der Waals surface area contributed by atoms with Gasteiger partial charge in [0.25, 0.3) is 0 Å². The van der Waals surface area contributed by atoms with E-state index in [4.69, 9.17) is 5.73 Å². The molecule has 0 saturated heterocycles. The molecule has 0 aliphatic heterocycles. The topological polar surface area (TPSA) is 85.1 Å². The van der Waals surface area contributed by atoms with E-state index in [9.17, 15) is 12.8 Å². The van der Waals surface area contributed by atoms with Gasteiger partial charge in [-0.2, -0.15) is 0 Å². The highest BCUT2D eigenvalue weighted by Crippen LogP contribution is 2.18. The van der Waals surface area contributed by atoms with Crippen LogP contribution in [-0.2, 0) is 16.4 Å². The number of benzene rings is 1. The molecular weight excluding hydrogens is 281 g/mol. The van der Waals surface area contributed by atoms with Crippen molar-refractivity contribution in [1.29, 1.82) is 0 Å². The van der Waals surface area contributed by atoms with Gasteiger partial charge in [-0.25, -0.2) is 12.8 Å². The third kappa shape index (κ3) is 3.92. The number of aromatic nitrogens is 1. The van der Waals surface area contributed by atoms with E-state index in [-0.39, 0.29) is 17.1 Å². The Morgan fingerprint density at radius 2 is 1.90 bits per heavy atom. The standard InChI is InChI=1S/C13H14FN3O2S/c14-12-9-11(15)1-2-13(12)17-20(18,19)8-5-10-3-6-16-7-4-10/h1-4,6-7,9,17H,5,8,15H2. The second kappa shape index (κ2) is 5.87. The van der Waals surface area contributed by atoms with Crippen LogP contribution >= 0.6 is 0 Å². The Hall–Kier alpha value is -2.15. The first-order valence-electron chi connectivity index (χ1n) is 5.91. The number of nitrogens with zero attached hydrogens (tertiary/aromatic N) is 1. The van der Waals surface area contributed by atoms with Gasteiger partial charge >= 0.3 is 0 Å². The number of sulfonamides is 1. The Bertz CT molecular complexity index is 690. The minimum Gasteiger partial charge on any atom is -0.399 e. The van der Waals surface area contributed by atoms with Crippen LogP contribution in [0.2, 0.25) is 0 Å². The molecule has 7 heteroatoms. The van der Waals surface area contributed by atoms with Crippen LogP contribution in [0, 0.1) is 5.82 Å². The monoisotopic (exact) mass is 295 g/mol. The molecule has 0 saturated carbocycles. The number of nitrogen functional groups attached to an aromatic ring is 1. The van der Waals surface area contributed by atoms with Gasteiger partial charge in [0.15, 0.2) is 0 Å². The molecule has 0 amide bonds. The maximum absolute atomic E-state index is 13.5. The molecule has 106 valence electrons. The second-order valence-corrected chi connectivity index (χ2v) is 6.11. The van der Waals surface area contributed by atoms with Gasteiger partial charge in [0.1, 0.15) is 5.82 Å². The number of rotatable bonds is 5. The summed E-state index contributed by atoms with van der Waals surface area (Å²) in [7, 11) is -3.62. The molecule has 0 radical (unpaired) electrons. The number of nitrogens with one attached hydrogen (secondary N) is 1. The van der Waals surface area contributed by atoms with Gasteiger partial charge < -0.3 is 5.73 Å². The van der Waals surface area contributed by atoms with Crippen molar-refractivity contribution in [2.75, 3.05) is 16.2 Å². The predicted octanol–water partition coefficient (Wildman–Crippen LogP) is 1.79.